The van der Waals surface area contributed by atoms with Crippen molar-refractivity contribution in [2.75, 3.05) is 6.54 Å². The van der Waals surface area contributed by atoms with Crippen LogP contribution in [0.3, 0.4) is 0 Å². The molecule has 0 saturated heterocycles. The smallest absolute Gasteiger partial charge is 0.0537 e. The number of H-pyrrole nitrogens is 1. The van der Waals surface area contributed by atoms with E-state index >= 15 is 0 Å². The lowest BCUT2D eigenvalue weighted by molar-refractivity contribution is 0.538. The maximum Gasteiger partial charge on any atom is 0.0537 e. The topological polar surface area (TPSA) is 40.7 Å². The van der Waals surface area contributed by atoms with Gasteiger partial charge >= 0.3 is 0 Å². The second kappa shape index (κ2) is 2.09. The third-order valence-electron chi connectivity index (χ3n) is 2.04. The molecule has 0 aliphatic carbocycles. The van der Waals surface area contributed by atoms with Gasteiger partial charge in [0, 0.05) is 30.3 Å². The van der Waals surface area contributed by atoms with Crippen molar-refractivity contribution in [2.24, 2.45) is 0 Å². The van der Waals surface area contributed by atoms with Gasteiger partial charge in [0.15, 0.2) is 0 Å². The number of nitrogens with zero attached hydrogens (tertiary/aromatic N) is 1. The zero-order valence-corrected chi connectivity index (χ0v) is 6.02. The summed E-state index contributed by atoms with van der Waals surface area (Å²) in [5, 5.41) is 10.4. The van der Waals surface area contributed by atoms with Crippen LogP contribution in [-0.4, -0.2) is 16.7 Å². The van der Waals surface area contributed by atoms with E-state index in [1.165, 1.54) is 11.3 Å². The summed E-state index contributed by atoms with van der Waals surface area (Å²) in [7, 11) is 0. The van der Waals surface area contributed by atoms with Gasteiger partial charge in [-0.15, -0.1) is 0 Å². The fourth-order valence-electron chi connectivity index (χ4n) is 1.42. The number of hydrogen-bond donors (Lipinski definition) is 2. The standard InChI is InChI=1S/C7H11N3/c1-5-6-4-9-10-7(6)2-3-8-5/h4-5,8H,2-3H2,1H3,(H,9,10)/t5-/m0/s1. The molecule has 2 N–H and O–H groups in total. The van der Waals surface area contributed by atoms with E-state index in [0.29, 0.717) is 6.04 Å². The van der Waals surface area contributed by atoms with Crippen LogP contribution in [-0.2, 0) is 6.42 Å². The van der Waals surface area contributed by atoms with E-state index in [0.717, 1.165) is 13.0 Å². The number of nitrogens with one attached hydrogen (secondary N) is 2. The average Bonchev–Trinajstić information content (AvgIpc) is 2.36. The zero-order chi connectivity index (χ0) is 6.97. The van der Waals surface area contributed by atoms with E-state index in [-0.39, 0.29) is 0 Å². The molecule has 2 heterocycles. The first-order valence-corrected chi connectivity index (χ1v) is 3.63. The molecule has 3 nitrogen and oxygen atoms in total. The number of aromatic nitrogens is 2. The Kier molecular flexibility index (Phi) is 1.24. The zero-order valence-electron chi connectivity index (χ0n) is 6.02. The van der Waals surface area contributed by atoms with Crippen molar-refractivity contribution < 1.29 is 0 Å². The number of rotatable bonds is 0. The molecular weight excluding hydrogens is 126 g/mol. The van der Waals surface area contributed by atoms with Crippen LogP contribution in [0.2, 0.25) is 0 Å². The molecule has 0 amide bonds. The van der Waals surface area contributed by atoms with Gasteiger partial charge in [0.1, 0.15) is 0 Å². The molecule has 1 aliphatic rings. The van der Waals surface area contributed by atoms with E-state index in [9.17, 15) is 0 Å². The Hall–Kier alpha value is -0.830. The highest BCUT2D eigenvalue weighted by Gasteiger charge is 2.16. The highest BCUT2D eigenvalue weighted by Crippen LogP contribution is 2.18. The average molecular weight is 137 g/mol. The Labute approximate surface area is 59.8 Å². The Morgan fingerprint density at radius 2 is 2.60 bits per heavy atom. The van der Waals surface area contributed by atoms with E-state index in [2.05, 4.69) is 22.4 Å². The molecule has 10 heavy (non-hydrogen) atoms. The molecule has 0 fully saturated rings. The molecular formula is C7H11N3. The minimum atomic E-state index is 0.475. The summed E-state index contributed by atoms with van der Waals surface area (Å²) in [5.41, 5.74) is 2.62. The summed E-state index contributed by atoms with van der Waals surface area (Å²) in [4.78, 5) is 0. The molecule has 54 valence electrons. The van der Waals surface area contributed by atoms with Crippen molar-refractivity contribution in [3.8, 4) is 0 Å². The second-order valence-corrected chi connectivity index (χ2v) is 2.73. The number of fused-ring (bicyclic) bond motifs is 1. The highest BCUT2D eigenvalue weighted by atomic mass is 15.1. The minimum Gasteiger partial charge on any atom is -0.310 e. The van der Waals surface area contributed by atoms with Gasteiger partial charge in [-0.05, 0) is 6.92 Å². The SMILES string of the molecule is C[C@@H]1NCCc2[nH]ncc21. The summed E-state index contributed by atoms with van der Waals surface area (Å²) < 4.78 is 0. The summed E-state index contributed by atoms with van der Waals surface area (Å²) >= 11 is 0. The van der Waals surface area contributed by atoms with Gasteiger partial charge in [-0.2, -0.15) is 5.10 Å². The quantitative estimate of drug-likeness (QED) is 0.550. The van der Waals surface area contributed by atoms with E-state index in [4.69, 9.17) is 0 Å². The normalized spacial score (nSPS) is 24.3. The first-order valence-electron chi connectivity index (χ1n) is 3.63. The molecule has 1 aromatic heterocycles. The van der Waals surface area contributed by atoms with Gasteiger partial charge in [0.05, 0.1) is 6.20 Å². The molecule has 0 bridgehead atoms. The van der Waals surface area contributed by atoms with E-state index in [1.54, 1.807) is 0 Å². The maximum absolute atomic E-state index is 3.99. The van der Waals surface area contributed by atoms with Crippen molar-refractivity contribution in [3.05, 3.63) is 17.5 Å². The van der Waals surface area contributed by atoms with Gasteiger partial charge in [-0.1, -0.05) is 0 Å². The van der Waals surface area contributed by atoms with Crippen LogP contribution in [0.5, 0.6) is 0 Å². The Morgan fingerprint density at radius 3 is 3.40 bits per heavy atom. The van der Waals surface area contributed by atoms with Crippen LogP contribution < -0.4 is 5.32 Å². The van der Waals surface area contributed by atoms with Crippen molar-refractivity contribution in [3.63, 3.8) is 0 Å². The summed E-state index contributed by atoms with van der Waals surface area (Å²) in [6.07, 6.45) is 2.99. The third kappa shape index (κ3) is 0.743. The molecule has 1 aromatic rings. The van der Waals surface area contributed by atoms with E-state index < -0.39 is 0 Å². The molecule has 0 radical (unpaired) electrons. The fourth-order valence-corrected chi connectivity index (χ4v) is 1.42. The summed E-state index contributed by atoms with van der Waals surface area (Å²) in [6, 6.07) is 0.475. The first kappa shape index (κ1) is 5.92. The van der Waals surface area contributed by atoms with Crippen LogP contribution in [0.15, 0.2) is 6.20 Å². The highest BCUT2D eigenvalue weighted by molar-refractivity contribution is 5.22. The Morgan fingerprint density at radius 1 is 1.70 bits per heavy atom. The van der Waals surface area contributed by atoms with Gasteiger partial charge in [-0.3, -0.25) is 5.10 Å². The molecule has 0 spiro atoms. The van der Waals surface area contributed by atoms with Crippen LogP contribution in [0.4, 0.5) is 0 Å². The lowest BCUT2D eigenvalue weighted by atomic mass is 10.0. The van der Waals surface area contributed by atoms with Gasteiger partial charge in [0.2, 0.25) is 0 Å². The number of aromatic amines is 1. The number of hydrogen-bond acceptors (Lipinski definition) is 2. The predicted molar refractivity (Wildman–Crippen MR) is 38.7 cm³/mol. The first-order chi connectivity index (χ1) is 4.88. The largest absolute Gasteiger partial charge is 0.310 e. The van der Waals surface area contributed by atoms with Crippen molar-refractivity contribution >= 4 is 0 Å². The van der Waals surface area contributed by atoms with Crippen molar-refractivity contribution in [1.82, 2.24) is 15.5 Å². The van der Waals surface area contributed by atoms with Gasteiger partial charge in [-0.25, -0.2) is 0 Å². The van der Waals surface area contributed by atoms with Crippen LogP contribution in [0, 0.1) is 0 Å². The maximum atomic E-state index is 3.99. The monoisotopic (exact) mass is 137 g/mol. The molecule has 0 unspecified atom stereocenters. The van der Waals surface area contributed by atoms with Crippen LogP contribution in [0.1, 0.15) is 24.2 Å². The lowest BCUT2D eigenvalue weighted by Gasteiger charge is -2.18. The van der Waals surface area contributed by atoms with Crippen LogP contribution in [0.25, 0.3) is 0 Å². The predicted octanol–water partition coefficient (Wildman–Crippen LogP) is 0.616. The molecule has 1 aliphatic heterocycles. The summed E-state index contributed by atoms with van der Waals surface area (Å²) in [6.45, 7) is 3.23. The molecule has 2 rings (SSSR count). The molecule has 1 atom stereocenters. The molecule has 0 aromatic carbocycles. The Bertz CT molecular complexity index is 229. The van der Waals surface area contributed by atoms with E-state index in [1.807, 2.05) is 6.20 Å². The van der Waals surface area contributed by atoms with Gasteiger partial charge in [0.25, 0.3) is 0 Å². The summed E-state index contributed by atoms with van der Waals surface area (Å²) in [5.74, 6) is 0. The molecule has 3 heteroatoms. The second-order valence-electron chi connectivity index (χ2n) is 2.73. The lowest BCUT2D eigenvalue weighted by Crippen LogP contribution is -2.26. The van der Waals surface area contributed by atoms with Crippen molar-refractivity contribution in [1.29, 1.82) is 0 Å². The fraction of sp³-hybridized carbons (Fsp3) is 0.571. The van der Waals surface area contributed by atoms with Crippen LogP contribution >= 0.6 is 0 Å². The van der Waals surface area contributed by atoms with Gasteiger partial charge < -0.3 is 5.32 Å². The Balaban J connectivity index is 2.41. The molecule has 0 saturated carbocycles. The minimum absolute atomic E-state index is 0.475. The third-order valence-corrected chi connectivity index (χ3v) is 2.04. The van der Waals surface area contributed by atoms with Crippen molar-refractivity contribution in [2.45, 2.75) is 19.4 Å².